The molecule has 0 aliphatic carbocycles. The summed E-state index contributed by atoms with van der Waals surface area (Å²) in [5.74, 6) is -0.356. The van der Waals surface area contributed by atoms with Crippen LogP contribution in [-0.2, 0) is 61.2 Å². The van der Waals surface area contributed by atoms with Crippen molar-refractivity contribution in [2.45, 2.75) is 219 Å². The molecule has 0 spiro atoms. The molecule has 0 saturated carbocycles. The molecule has 4 unspecified atom stereocenters. The van der Waals surface area contributed by atoms with Crippen molar-refractivity contribution in [3.05, 3.63) is 23.4 Å². The molecule has 7 rings (SSSR count). The zero-order valence-corrected chi connectivity index (χ0v) is 43.3. The zero-order chi connectivity index (χ0) is 50.9. The Morgan fingerprint density at radius 1 is 0.588 bits per heavy atom. The molecule has 7 aliphatic rings. The van der Waals surface area contributed by atoms with Gasteiger partial charge in [0.05, 0.1) is 84.2 Å². The van der Waals surface area contributed by atoms with Crippen LogP contribution >= 0.6 is 0 Å². The molecule has 388 valence electrons. The molecule has 24 heteroatoms. The third-order valence-corrected chi connectivity index (χ3v) is 14.4. The number of halogens is 3. The van der Waals surface area contributed by atoms with Crippen LogP contribution in [0.5, 0.6) is 0 Å². The second kappa shape index (κ2) is 19.5. The van der Waals surface area contributed by atoms with Crippen molar-refractivity contribution < 1.29 is 82.2 Å². The number of morpholine rings is 2. The Kier molecular flexibility index (Phi) is 16.6. The van der Waals surface area contributed by atoms with Crippen molar-refractivity contribution in [1.82, 2.24) is 9.80 Å². The van der Waals surface area contributed by atoms with Gasteiger partial charge in [-0.05, 0) is 143 Å². The Hall–Kier alpha value is -2.57. The molecule has 2 amide bonds. The van der Waals surface area contributed by atoms with Gasteiger partial charge in [0.2, 0.25) is 0 Å². The molecule has 17 nitrogen and oxygen atoms in total. The molecule has 0 N–H and O–H groups in total. The lowest BCUT2D eigenvalue weighted by Gasteiger charge is -2.44. The summed E-state index contributed by atoms with van der Waals surface area (Å²) in [5.41, 5.74) is -7.85. The average Bonchev–Trinajstić information content (AvgIpc) is 3.58. The lowest BCUT2D eigenvalue weighted by atomic mass is 9.49. The predicted octanol–water partition coefficient (Wildman–Crippen LogP) is 7.98. The summed E-state index contributed by atoms with van der Waals surface area (Å²) in [6, 6.07) is -1.61. The summed E-state index contributed by atoms with van der Waals surface area (Å²) in [6.07, 6.45) is 2.73. The van der Waals surface area contributed by atoms with Crippen molar-refractivity contribution in [3.63, 3.8) is 0 Å². The van der Waals surface area contributed by atoms with Crippen LogP contribution in [0.2, 0.25) is 0 Å². The fourth-order valence-electron chi connectivity index (χ4n) is 7.80. The highest BCUT2D eigenvalue weighted by Gasteiger charge is 2.64. The molecule has 7 heterocycles. The second-order valence-electron chi connectivity index (χ2n) is 22.9. The largest absolute Gasteiger partial charge is 0.534 e. The minimum atomic E-state index is -5.74. The van der Waals surface area contributed by atoms with E-state index in [2.05, 4.69) is 10.3 Å². The second-order valence-corrected chi connectivity index (χ2v) is 24.4. The number of fused-ring (bicyclic) bond motifs is 4. The van der Waals surface area contributed by atoms with E-state index in [9.17, 15) is 31.2 Å². The van der Waals surface area contributed by atoms with Crippen LogP contribution in [0.3, 0.4) is 0 Å². The molecule has 5 saturated heterocycles. The molecule has 0 aromatic heterocycles. The number of rotatable bonds is 4. The molecule has 68 heavy (non-hydrogen) atoms. The Balaban J connectivity index is 0.000000224. The maximum atomic E-state index is 12.6. The maximum absolute atomic E-state index is 12.6. The van der Waals surface area contributed by atoms with Gasteiger partial charge in [-0.25, -0.2) is 9.59 Å². The quantitative estimate of drug-likeness (QED) is 0.150. The van der Waals surface area contributed by atoms with Gasteiger partial charge in [0.15, 0.2) is 0 Å². The number of hydrogen-bond donors (Lipinski definition) is 0. The highest BCUT2D eigenvalue weighted by molar-refractivity contribution is 7.87. The van der Waals surface area contributed by atoms with E-state index in [1.54, 1.807) is 20.8 Å². The average molecular weight is 995 g/mol. The van der Waals surface area contributed by atoms with Gasteiger partial charge in [-0.3, -0.25) is 9.80 Å². The molecule has 7 aliphatic heterocycles. The van der Waals surface area contributed by atoms with Gasteiger partial charge in [0, 0.05) is 6.42 Å². The summed E-state index contributed by atoms with van der Waals surface area (Å²) in [4.78, 5) is 28.0. The number of carbonyl (C=O) groups excluding carboxylic acids is 2. The number of ether oxygens (including phenoxy) is 4. The van der Waals surface area contributed by atoms with Gasteiger partial charge < -0.3 is 51.1 Å². The lowest BCUT2D eigenvalue weighted by molar-refractivity contribution is -0.0621. The summed E-state index contributed by atoms with van der Waals surface area (Å²) in [7, 11) is -7.06. The third kappa shape index (κ3) is 12.9. The number of alkyl halides is 3. The summed E-state index contributed by atoms with van der Waals surface area (Å²) in [6.45, 7) is 36.1. The molecule has 4 atom stereocenters. The van der Waals surface area contributed by atoms with Crippen molar-refractivity contribution in [2.75, 3.05) is 26.4 Å². The van der Waals surface area contributed by atoms with Crippen LogP contribution < -0.4 is 0 Å². The summed E-state index contributed by atoms with van der Waals surface area (Å²) in [5, 5.41) is 0. The molecule has 5 fully saturated rings. The van der Waals surface area contributed by atoms with E-state index in [1.165, 1.54) is 4.90 Å². The molecule has 0 aromatic rings. The Labute approximate surface area is 403 Å². The van der Waals surface area contributed by atoms with Crippen LogP contribution in [0.25, 0.3) is 0 Å². The van der Waals surface area contributed by atoms with Gasteiger partial charge >= 0.3 is 48.9 Å². The SMILES string of the molecule is C.CC(C)(C)OC(=O)N1C2C=C(B3OC(C)(C)C(C)(C)O3)CC1COC2.CC(C)(C)OC(=O)N1C2C=C(OS(=O)(=O)C(F)(F)F)CC1COC2.CC1(C)OB(B2OC(C)(C)C(C)(C)O2)OC1(C)C. The lowest BCUT2D eigenvalue weighted by Crippen LogP contribution is -2.58. The van der Waals surface area contributed by atoms with Crippen LogP contribution in [0.15, 0.2) is 23.4 Å². The van der Waals surface area contributed by atoms with E-state index < -0.39 is 59.0 Å². The number of carbonyl (C=O) groups is 2. The van der Waals surface area contributed by atoms with Crippen LogP contribution in [0, 0.1) is 0 Å². The standard InChI is InChI=1S/C18H30BNO5.C13H18F3NO6S.C12H24B2O4.CH4/c1-16(2,3)23-15(21)20-13-8-12(9-14(20)11-22-10-13)19-24-17(4,5)18(6,7)25-19;1-12(2,3)22-11(18)17-8-4-10(5-9(17)7-21-6-8)23-24(19,20)13(14,15)16;1-9(2)10(3,4)16-13(15-9)14-17-11(5,6)12(7,8)18-14;/h8,13-14H,9-11H2,1-7H3;4,8-9H,5-7H2,1-3H3;1-8H3;1H4. The molecule has 0 radical (unpaired) electrons. The number of amides is 2. The minimum Gasteiger partial charge on any atom is -0.444 e. The van der Waals surface area contributed by atoms with Crippen LogP contribution in [-0.4, -0.2) is 152 Å². The number of nitrogens with zero attached hydrogens (tertiary/aromatic N) is 2. The van der Waals surface area contributed by atoms with Crippen molar-refractivity contribution >= 4 is 43.4 Å². The highest BCUT2D eigenvalue weighted by Crippen LogP contribution is 2.44. The molecule has 4 bridgehead atoms. The first kappa shape index (κ1) is 58.0. The molecular weight excluding hydrogens is 918 g/mol. The maximum Gasteiger partial charge on any atom is 0.534 e. The van der Waals surface area contributed by atoms with Crippen LogP contribution in [0.1, 0.15) is 145 Å². The van der Waals surface area contributed by atoms with Crippen molar-refractivity contribution in [1.29, 1.82) is 0 Å². The van der Waals surface area contributed by atoms with Gasteiger partial charge in [0.1, 0.15) is 17.0 Å². The van der Waals surface area contributed by atoms with Gasteiger partial charge in [-0.1, -0.05) is 13.5 Å². The van der Waals surface area contributed by atoms with Gasteiger partial charge in [-0.2, -0.15) is 21.6 Å². The fourth-order valence-corrected chi connectivity index (χ4v) is 8.30. The third-order valence-electron chi connectivity index (χ3n) is 13.4. The van der Waals surface area contributed by atoms with Crippen molar-refractivity contribution in [3.8, 4) is 0 Å². The van der Waals surface area contributed by atoms with E-state index in [0.29, 0.717) is 19.6 Å². The van der Waals surface area contributed by atoms with Gasteiger partial charge in [0.25, 0.3) is 0 Å². The van der Waals surface area contributed by atoms with E-state index >= 15 is 0 Å². The highest BCUT2D eigenvalue weighted by atomic mass is 32.2. The smallest absolute Gasteiger partial charge is 0.444 e. The first-order valence-corrected chi connectivity index (χ1v) is 24.2. The number of hydrogen-bond acceptors (Lipinski definition) is 15. The van der Waals surface area contributed by atoms with Crippen molar-refractivity contribution in [2.24, 2.45) is 0 Å². The first-order chi connectivity index (χ1) is 30.1. The van der Waals surface area contributed by atoms with E-state index in [-0.39, 0.29) is 91.7 Å². The topological polar surface area (TPSA) is 176 Å². The monoisotopic (exact) mass is 995 g/mol. The normalized spacial score (nSPS) is 28.7. The Morgan fingerprint density at radius 2 is 0.926 bits per heavy atom. The Bertz CT molecular complexity index is 1940. The summed E-state index contributed by atoms with van der Waals surface area (Å²) < 4.78 is 122. The van der Waals surface area contributed by atoms with Gasteiger partial charge in [-0.15, -0.1) is 0 Å². The minimum absolute atomic E-state index is 0. The van der Waals surface area contributed by atoms with Crippen LogP contribution in [0.4, 0.5) is 22.8 Å². The molecular formula is C44H76B3F3N2O15S. The fraction of sp³-hybridized carbons (Fsp3) is 0.864. The Morgan fingerprint density at radius 3 is 1.25 bits per heavy atom. The first-order valence-electron chi connectivity index (χ1n) is 22.7. The predicted molar refractivity (Wildman–Crippen MR) is 249 cm³/mol. The van der Waals surface area contributed by atoms with E-state index in [4.69, 9.17) is 46.9 Å². The van der Waals surface area contributed by atoms with E-state index in [1.807, 2.05) is 109 Å². The zero-order valence-electron chi connectivity index (χ0n) is 42.5. The van der Waals surface area contributed by atoms with E-state index in [0.717, 1.165) is 11.5 Å². The molecule has 0 aromatic carbocycles. The summed E-state index contributed by atoms with van der Waals surface area (Å²) >= 11 is 0.